The van der Waals surface area contributed by atoms with Crippen molar-refractivity contribution in [3.63, 3.8) is 0 Å². The Hall–Kier alpha value is -1.62. The molecule has 0 saturated heterocycles. The van der Waals surface area contributed by atoms with Gasteiger partial charge in [0.25, 0.3) is 0 Å². The van der Waals surface area contributed by atoms with Crippen LogP contribution >= 0.6 is 11.6 Å². The van der Waals surface area contributed by atoms with Gasteiger partial charge in [-0.3, -0.25) is 0 Å². The minimum absolute atomic E-state index is 0.236. The van der Waals surface area contributed by atoms with E-state index < -0.39 is 17.5 Å². The fraction of sp³-hybridized carbons (Fsp3) is 0. The van der Waals surface area contributed by atoms with Gasteiger partial charge in [-0.05, 0) is 23.7 Å². The maximum absolute atomic E-state index is 13.4. The molecule has 0 radical (unpaired) electrons. The lowest BCUT2D eigenvalue weighted by molar-refractivity contribution is 0.509. The van der Waals surface area contributed by atoms with E-state index in [0.717, 1.165) is 12.3 Å². The predicted molar refractivity (Wildman–Crippen MR) is 52.4 cm³/mol. The van der Waals surface area contributed by atoms with Gasteiger partial charge in [0.15, 0.2) is 17.5 Å². The van der Waals surface area contributed by atoms with Crippen molar-refractivity contribution in [2.24, 2.45) is 0 Å². The molecule has 1 aromatic carbocycles. The van der Waals surface area contributed by atoms with E-state index in [2.05, 4.69) is 9.97 Å². The predicted octanol–water partition coefficient (Wildman–Crippen LogP) is 3.21. The van der Waals surface area contributed by atoms with Gasteiger partial charge >= 0.3 is 0 Å². The first-order valence-electron chi connectivity index (χ1n) is 4.22. The molecule has 0 atom stereocenters. The van der Waals surface area contributed by atoms with Gasteiger partial charge in [-0.25, -0.2) is 23.1 Å². The van der Waals surface area contributed by atoms with Crippen LogP contribution in [0.15, 0.2) is 24.4 Å². The Morgan fingerprint density at radius 3 is 2.56 bits per heavy atom. The maximum atomic E-state index is 13.4. The topological polar surface area (TPSA) is 25.8 Å². The smallest absolute Gasteiger partial charge is 0.223 e. The number of hydrogen-bond donors (Lipinski definition) is 0. The van der Waals surface area contributed by atoms with E-state index in [1.165, 1.54) is 12.1 Å². The van der Waals surface area contributed by atoms with Crippen LogP contribution in [0.2, 0.25) is 5.28 Å². The van der Waals surface area contributed by atoms with Crippen LogP contribution in [0.5, 0.6) is 0 Å². The van der Waals surface area contributed by atoms with Crippen molar-refractivity contribution >= 4 is 11.6 Å². The number of aromatic nitrogens is 2. The van der Waals surface area contributed by atoms with Crippen molar-refractivity contribution < 1.29 is 13.2 Å². The van der Waals surface area contributed by atoms with Crippen molar-refractivity contribution in [2.45, 2.75) is 0 Å². The molecule has 0 fully saturated rings. The first kappa shape index (κ1) is 10.9. The third-order valence-electron chi connectivity index (χ3n) is 1.92. The van der Waals surface area contributed by atoms with Crippen LogP contribution in [0.25, 0.3) is 11.3 Å². The molecule has 0 spiro atoms. The molecule has 0 aliphatic rings. The second kappa shape index (κ2) is 4.09. The molecule has 0 amide bonds. The molecule has 0 saturated carbocycles. The van der Waals surface area contributed by atoms with Crippen molar-refractivity contribution in [3.05, 3.63) is 47.1 Å². The molecule has 82 valence electrons. The molecular weight excluding hydrogens is 241 g/mol. The highest BCUT2D eigenvalue weighted by Gasteiger charge is 2.15. The summed E-state index contributed by atoms with van der Waals surface area (Å²) < 4.78 is 39.6. The Kier molecular flexibility index (Phi) is 2.78. The Labute approximate surface area is 93.7 Å². The molecule has 16 heavy (non-hydrogen) atoms. The molecule has 6 heteroatoms. The summed E-state index contributed by atoms with van der Waals surface area (Å²) in [6.45, 7) is 0. The van der Waals surface area contributed by atoms with E-state index in [-0.39, 0.29) is 16.5 Å². The molecule has 1 heterocycles. The van der Waals surface area contributed by atoms with E-state index in [1.54, 1.807) is 0 Å². The molecular formula is C10H4ClF3N2. The molecule has 2 aromatic rings. The molecule has 1 aromatic heterocycles. The van der Waals surface area contributed by atoms with Gasteiger partial charge in [0.1, 0.15) is 5.69 Å². The van der Waals surface area contributed by atoms with E-state index in [4.69, 9.17) is 11.6 Å². The maximum Gasteiger partial charge on any atom is 0.223 e. The van der Waals surface area contributed by atoms with Crippen LogP contribution in [0.1, 0.15) is 0 Å². The number of nitrogens with zero attached hydrogens (tertiary/aromatic N) is 2. The molecule has 2 nitrogen and oxygen atoms in total. The first-order chi connectivity index (χ1) is 7.59. The fourth-order valence-corrected chi connectivity index (χ4v) is 1.35. The van der Waals surface area contributed by atoms with Crippen molar-refractivity contribution in [1.29, 1.82) is 0 Å². The zero-order chi connectivity index (χ0) is 11.7. The SMILES string of the molecule is Fc1cnc(Cl)nc1-c1cccc(F)c1F. The molecule has 0 N–H and O–H groups in total. The zero-order valence-electron chi connectivity index (χ0n) is 7.72. The summed E-state index contributed by atoms with van der Waals surface area (Å²) in [6.07, 6.45) is 0.801. The Morgan fingerprint density at radius 2 is 1.81 bits per heavy atom. The minimum atomic E-state index is -1.17. The summed E-state index contributed by atoms with van der Waals surface area (Å²) in [5.41, 5.74) is -0.654. The molecule has 0 bridgehead atoms. The van der Waals surface area contributed by atoms with Crippen molar-refractivity contribution in [2.75, 3.05) is 0 Å². The largest absolute Gasteiger partial charge is 0.223 e. The molecule has 2 rings (SSSR count). The standard InChI is InChI=1S/C10H4ClF3N2/c11-10-15-4-7(13)9(16-10)5-2-1-3-6(12)8(5)14/h1-4H. The van der Waals surface area contributed by atoms with Gasteiger partial charge in [0.05, 0.1) is 6.20 Å². The Balaban J connectivity index is 2.67. The number of rotatable bonds is 1. The quantitative estimate of drug-likeness (QED) is 0.720. The summed E-state index contributed by atoms with van der Waals surface area (Å²) >= 11 is 5.45. The van der Waals surface area contributed by atoms with E-state index in [9.17, 15) is 13.2 Å². The summed E-state index contributed by atoms with van der Waals surface area (Å²) in [4.78, 5) is 6.90. The molecule has 0 aliphatic carbocycles. The summed E-state index contributed by atoms with van der Waals surface area (Å²) in [5.74, 6) is -3.11. The van der Waals surface area contributed by atoms with Gasteiger partial charge in [-0.2, -0.15) is 0 Å². The monoisotopic (exact) mass is 244 g/mol. The second-order valence-corrected chi connectivity index (χ2v) is 3.28. The highest BCUT2D eigenvalue weighted by Crippen LogP contribution is 2.25. The van der Waals surface area contributed by atoms with Gasteiger partial charge in [-0.15, -0.1) is 0 Å². The fourth-order valence-electron chi connectivity index (χ4n) is 1.22. The highest BCUT2D eigenvalue weighted by molar-refractivity contribution is 6.28. The summed E-state index contributed by atoms with van der Waals surface area (Å²) in [5, 5.41) is -0.236. The Morgan fingerprint density at radius 1 is 1.06 bits per heavy atom. The Bertz CT molecular complexity index is 546. The number of halogens is 4. The third kappa shape index (κ3) is 1.86. The van der Waals surface area contributed by atoms with Gasteiger partial charge < -0.3 is 0 Å². The van der Waals surface area contributed by atoms with Crippen LogP contribution in [-0.2, 0) is 0 Å². The minimum Gasteiger partial charge on any atom is -0.223 e. The number of hydrogen-bond acceptors (Lipinski definition) is 2. The van der Waals surface area contributed by atoms with Crippen molar-refractivity contribution in [3.8, 4) is 11.3 Å². The lowest BCUT2D eigenvalue weighted by Gasteiger charge is -2.04. The number of benzene rings is 1. The summed E-state index contributed by atoms with van der Waals surface area (Å²) in [7, 11) is 0. The lowest BCUT2D eigenvalue weighted by atomic mass is 10.1. The first-order valence-corrected chi connectivity index (χ1v) is 4.60. The van der Waals surface area contributed by atoms with Crippen LogP contribution < -0.4 is 0 Å². The van der Waals surface area contributed by atoms with Crippen LogP contribution in [-0.4, -0.2) is 9.97 Å². The second-order valence-electron chi connectivity index (χ2n) is 2.94. The summed E-state index contributed by atoms with van der Waals surface area (Å²) in [6, 6.07) is 3.39. The lowest BCUT2D eigenvalue weighted by Crippen LogP contribution is -1.96. The molecule has 0 aliphatic heterocycles. The average molecular weight is 245 g/mol. The van der Waals surface area contributed by atoms with Crippen molar-refractivity contribution in [1.82, 2.24) is 9.97 Å². The highest BCUT2D eigenvalue weighted by atomic mass is 35.5. The molecule has 0 unspecified atom stereocenters. The van der Waals surface area contributed by atoms with Gasteiger partial charge in [-0.1, -0.05) is 6.07 Å². The van der Waals surface area contributed by atoms with Crippen LogP contribution in [0.4, 0.5) is 13.2 Å². The van der Waals surface area contributed by atoms with E-state index >= 15 is 0 Å². The van der Waals surface area contributed by atoms with Gasteiger partial charge in [0.2, 0.25) is 5.28 Å². The van der Waals surface area contributed by atoms with Crippen LogP contribution in [0.3, 0.4) is 0 Å². The normalized spacial score (nSPS) is 10.5. The average Bonchev–Trinajstić information content (AvgIpc) is 2.26. The zero-order valence-corrected chi connectivity index (χ0v) is 8.47. The van der Waals surface area contributed by atoms with E-state index in [0.29, 0.717) is 0 Å². The van der Waals surface area contributed by atoms with E-state index in [1.807, 2.05) is 0 Å². The third-order valence-corrected chi connectivity index (χ3v) is 2.10. The van der Waals surface area contributed by atoms with Gasteiger partial charge in [0, 0.05) is 5.56 Å². The van der Waals surface area contributed by atoms with Crippen LogP contribution in [0, 0.1) is 17.5 Å².